The summed E-state index contributed by atoms with van der Waals surface area (Å²) in [5, 5.41) is 3.14. The van der Waals surface area contributed by atoms with E-state index in [9.17, 15) is 18.0 Å². The molecule has 1 fully saturated rings. The van der Waals surface area contributed by atoms with Gasteiger partial charge in [0.25, 0.3) is 6.01 Å². The first-order valence-corrected chi connectivity index (χ1v) is 8.67. The number of anilines is 1. The predicted molar refractivity (Wildman–Crippen MR) is 93.6 cm³/mol. The lowest BCUT2D eigenvalue weighted by molar-refractivity contribution is -0.153. The zero-order chi connectivity index (χ0) is 21.3. The SMILES string of the molecule is CC1CN(c2nc(CN=[N+]=[N-])c(C(F)(F)F)o2)CC(C)N1C(=O)OC(C)(C)C. The third-order valence-corrected chi connectivity index (χ3v) is 4.02. The fourth-order valence-corrected chi connectivity index (χ4v) is 3.06. The minimum Gasteiger partial charge on any atom is -0.444 e. The van der Waals surface area contributed by atoms with E-state index in [1.165, 1.54) is 4.90 Å². The molecule has 0 aromatic carbocycles. The first-order chi connectivity index (χ1) is 12.8. The number of oxazole rings is 1. The van der Waals surface area contributed by atoms with Gasteiger partial charge in [-0.05, 0) is 40.1 Å². The second-order valence-electron chi connectivity index (χ2n) is 7.65. The molecule has 12 heteroatoms. The largest absolute Gasteiger partial charge is 0.451 e. The number of amides is 1. The van der Waals surface area contributed by atoms with Crippen molar-refractivity contribution in [2.24, 2.45) is 5.11 Å². The van der Waals surface area contributed by atoms with Crippen molar-refractivity contribution < 1.29 is 27.1 Å². The topological polar surface area (TPSA) is 108 Å². The number of alkyl halides is 3. The lowest BCUT2D eigenvalue weighted by Gasteiger charge is -2.43. The number of aromatic nitrogens is 1. The number of ether oxygens (including phenoxy) is 1. The average Bonchev–Trinajstić information content (AvgIpc) is 2.94. The van der Waals surface area contributed by atoms with Crippen LogP contribution in [0.4, 0.5) is 24.0 Å². The Labute approximate surface area is 160 Å². The fourth-order valence-electron chi connectivity index (χ4n) is 3.06. The van der Waals surface area contributed by atoms with Gasteiger partial charge < -0.3 is 14.1 Å². The first-order valence-electron chi connectivity index (χ1n) is 8.67. The van der Waals surface area contributed by atoms with Gasteiger partial charge in [0.2, 0.25) is 5.76 Å². The Morgan fingerprint density at radius 3 is 2.36 bits per heavy atom. The zero-order valence-corrected chi connectivity index (χ0v) is 16.3. The molecule has 1 aromatic heterocycles. The maximum atomic E-state index is 13.2. The molecule has 1 amide bonds. The average molecular weight is 404 g/mol. The summed E-state index contributed by atoms with van der Waals surface area (Å²) in [6.45, 7) is 8.65. The summed E-state index contributed by atoms with van der Waals surface area (Å²) in [6, 6.07) is -0.918. The van der Waals surface area contributed by atoms with Gasteiger partial charge in [0.15, 0.2) is 0 Å². The fraction of sp³-hybridized carbons (Fsp3) is 0.750. The smallest absolute Gasteiger partial charge is 0.444 e. The summed E-state index contributed by atoms with van der Waals surface area (Å²) in [7, 11) is 0. The minimum absolute atomic E-state index is 0.211. The highest BCUT2D eigenvalue weighted by atomic mass is 19.4. The second kappa shape index (κ2) is 7.78. The van der Waals surface area contributed by atoms with Crippen LogP contribution in [0.25, 0.3) is 10.4 Å². The quantitative estimate of drug-likeness (QED) is 0.423. The van der Waals surface area contributed by atoms with E-state index in [1.54, 1.807) is 39.5 Å². The van der Waals surface area contributed by atoms with Crippen LogP contribution in [-0.4, -0.2) is 46.8 Å². The van der Waals surface area contributed by atoms with Crippen molar-refractivity contribution in [3.8, 4) is 0 Å². The summed E-state index contributed by atoms with van der Waals surface area (Å²) in [6.07, 6.45) is -5.25. The molecule has 2 atom stereocenters. The molecule has 0 radical (unpaired) electrons. The highest BCUT2D eigenvalue weighted by Crippen LogP contribution is 2.36. The number of carbonyl (C=O) groups excluding carboxylic acids is 1. The molecule has 2 rings (SSSR count). The van der Waals surface area contributed by atoms with E-state index in [-0.39, 0.29) is 31.2 Å². The van der Waals surface area contributed by atoms with Gasteiger partial charge in [0.1, 0.15) is 5.60 Å². The van der Waals surface area contributed by atoms with Gasteiger partial charge in [-0.25, -0.2) is 4.79 Å². The number of rotatable bonds is 3. The van der Waals surface area contributed by atoms with Crippen LogP contribution in [-0.2, 0) is 17.5 Å². The number of azide groups is 1. The number of piperazine rings is 1. The highest BCUT2D eigenvalue weighted by Gasteiger charge is 2.42. The summed E-state index contributed by atoms with van der Waals surface area (Å²) in [4.78, 5) is 21.9. The Morgan fingerprint density at radius 1 is 1.32 bits per heavy atom. The van der Waals surface area contributed by atoms with E-state index in [4.69, 9.17) is 14.7 Å². The highest BCUT2D eigenvalue weighted by molar-refractivity contribution is 5.69. The van der Waals surface area contributed by atoms with Crippen molar-refractivity contribution in [2.75, 3.05) is 18.0 Å². The molecule has 28 heavy (non-hydrogen) atoms. The Balaban J connectivity index is 2.23. The van der Waals surface area contributed by atoms with Gasteiger partial charge in [0, 0.05) is 18.0 Å². The van der Waals surface area contributed by atoms with Crippen LogP contribution in [0.3, 0.4) is 0 Å². The third-order valence-electron chi connectivity index (χ3n) is 4.02. The van der Waals surface area contributed by atoms with E-state index in [0.29, 0.717) is 0 Å². The lowest BCUT2D eigenvalue weighted by Crippen LogP contribution is -2.59. The van der Waals surface area contributed by atoms with Crippen LogP contribution >= 0.6 is 0 Å². The van der Waals surface area contributed by atoms with Crippen molar-refractivity contribution in [3.63, 3.8) is 0 Å². The summed E-state index contributed by atoms with van der Waals surface area (Å²) < 4.78 is 49.9. The normalized spacial score (nSPS) is 20.7. The van der Waals surface area contributed by atoms with Gasteiger partial charge in [-0.15, -0.1) is 0 Å². The van der Waals surface area contributed by atoms with Gasteiger partial charge in [-0.1, -0.05) is 5.11 Å². The molecule has 0 spiro atoms. The Kier molecular flexibility index (Phi) is 6.03. The van der Waals surface area contributed by atoms with Crippen LogP contribution in [0.2, 0.25) is 0 Å². The van der Waals surface area contributed by atoms with Crippen molar-refractivity contribution >= 4 is 12.1 Å². The van der Waals surface area contributed by atoms with Gasteiger partial charge in [-0.3, -0.25) is 4.90 Å². The molecule has 9 nitrogen and oxygen atoms in total. The van der Waals surface area contributed by atoms with E-state index < -0.39 is 35.9 Å². The van der Waals surface area contributed by atoms with Gasteiger partial charge in [0.05, 0.1) is 24.3 Å². The molecule has 2 unspecified atom stereocenters. The molecular formula is C16H23F3N6O3. The van der Waals surface area contributed by atoms with Crippen LogP contribution in [0.5, 0.6) is 0 Å². The summed E-state index contributed by atoms with van der Waals surface area (Å²) in [5.74, 6) is -1.29. The maximum absolute atomic E-state index is 13.2. The molecule has 1 aliphatic rings. The van der Waals surface area contributed by atoms with Crippen molar-refractivity contribution in [1.82, 2.24) is 9.88 Å². The summed E-state index contributed by atoms with van der Waals surface area (Å²) >= 11 is 0. The Hall–Kier alpha value is -2.62. The van der Waals surface area contributed by atoms with Crippen molar-refractivity contribution in [3.05, 3.63) is 21.9 Å². The predicted octanol–water partition coefficient (Wildman–Crippen LogP) is 4.34. The molecule has 0 saturated carbocycles. The van der Waals surface area contributed by atoms with Crippen molar-refractivity contribution in [1.29, 1.82) is 0 Å². The van der Waals surface area contributed by atoms with Crippen LogP contribution in [0.1, 0.15) is 46.1 Å². The first kappa shape index (κ1) is 21.7. The number of carbonyl (C=O) groups is 1. The van der Waals surface area contributed by atoms with Crippen molar-refractivity contribution in [2.45, 2.75) is 65.0 Å². The minimum atomic E-state index is -4.76. The third kappa shape index (κ3) is 5.00. The standard InChI is InChI=1S/C16H23F3N6O3/c1-9-7-24(8-10(2)25(9)14(26)28-15(3,4)5)13-22-11(6-21-23-20)12(27-13)16(17,18)19/h9-10H,6-8H2,1-5H3. The van der Waals surface area contributed by atoms with E-state index in [2.05, 4.69) is 15.0 Å². The van der Waals surface area contributed by atoms with Crippen LogP contribution in [0, 0.1) is 0 Å². The number of halogens is 3. The lowest BCUT2D eigenvalue weighted by atomic mass is 10.1. The molecule has 1 aliphatic heterocycles. The van der Waals surface area contributed by atoms with Gasteiger partial charge in [-0.2, -0.15) is 18.2 Å². The molecular weight excluding hydrogens is 381 g/mol. The Morgan fingerprint density at radius 2 is 1.89 bits per heavy atom. The molecule has 1 aromatic rings. The van der Waals surface area contributed by atoms with E-state index >= 15 is 0 Å². The molecule has 156 valence electrons. The van der Waals surface area contributed by atoms with Crippen LogP contribution in [0.15, 0.2) is 9.53 Å². The molecule has 1 saturated heterocycles. The van der Waals surface area contributed by atoms with Crippen LogP contribution < -0.4 is 4.90 Å². The summed E-state index contributed by atoms with van der Waals surface area (Å²) in [5.41, 5.74) is 7.23. The molecule has 0 bridgehead atoms. The van der Waals surface area contributed by atoms with Gasteiger partial charge >= 0.3 is 12.3 Å². The maximum Gasteiger partial charge on any atom is 0.451 e. The monoisotopic (exact) mass is 404 g/mol. The number of nitrogens with zero attached hydrogens (tertiary/aromatic N) is 6. The zero-order valence-electron chi connectivity index (χ0n) is 16.3. The molecule has 0 aliphatic carbocycles. The Bertz CT molecular complexity index is 755. The molecule has 0 N–H and O–H groups in total. The molecule has 2 heterocycles. The van der Waals surface area contributed by atoms with E-state index in [1.807, 2.05) is 0 Å². The second-order valence-corrected chi connectivity index (χ2v) is 7.65. The number of hydrogen-bond donors (Lipinski definition) is 0. The number of hydrogen-bond acceptors (Lipinski definition) is 6. The van der Waals surface area contributed by atoms with E-state index in [0.717, 1.165) is 0 Å².